The van der Waals surface area contributed by atoms with Gasteiger partial charge >= 0.3 is 0 Å². The van der Waals surface area contributed by atoms with Crippen molar-refractivity contribution in [3.63, 3.8) is 0 Å². The van der Waals surface area contributed by atoms with E-state index in [9.17, 15) is 0 Å². The number of rotatable bonds is 3. The molecule has 0 N–H and O–H groups in total. The van der Waals surface area contributed by atoms with Gasteiger partial charge in [-0.2, -0.15) is 0 Å². The maximum absolute atomic E-state index is 6.04. The van der Waals surface area contributed by atoms with Crippen molar-refractivity contribution in [1.82, 2.24) is 9.97 Å². The molecule has 23 heavy (non-hydrogen) atoms. The SMILES string of the molecule is CC1(C)OCc2c(N3CCOCC3)nc(Cl)nc21.CCOCC. The quantitative estimate of drug-likeness (QED) is 0.787. The van der Waals surface area contributed by atoms with E-state index in [-0.39, 0.29) is 10.9 Å². The molecule has 0 saturated carbocycles. The van der Waals surface area contributed by atoms with E-state index in [0.717, 1.165) is 56.6 Å². The fourth-order valence-corrected chi connectivity index (χ4v) is 2.80. The van der Waals surface area contributed by atoms with Crippen LogP contribution in [0.1, 0.15) is 39.0 Å². The number of anilines is 1. The molecule has 6 nitrogen and oxygen atoms in total. The van der Waals surface area contributed by atoms with Gasteiger partial charge in [-0.3, -0.25) is 0 Å². The standard InChI is InChI=1S/C12H16ClN3O2.C4H10O/c1-12(2)9-8(7-18-12)10(15-11(13)14-9)16-3-5-17-6-4-16;1-3-5-4-2/h3-7H2,1-2H3;3-4H2,1-2H3. The summed E-state index contributed by atoms with van der Waals surface area (Å²) >= 11 is 6.04. The summed E-state index contributed by atoms with van der Waals surface area (Å²) in [4.78, 5) is 10.9. The molecule has 3 rings (SSSR count). The van der Waals surface area contributed by atoms with Gasteiger partial charge in [0.1, 0.15) is 11.4 Å². The number of fused-ring (bicyclic) bond motifs is 1. The second kappa shape index (κ2) is 8.24. The van der Waals surface area contributed by atoms with E-state index in [1.54, 1.807) is 0 Å². The van der Waals surface area contributed by atoms with Gasteiger partial charge < -0.3 is 19.1 Å². The summed E-state index contributed by atoms with van der Waals surface area (Å²) < 4.78 is 16.0. The lowest BCUT2D eigenvalue weighted by Gasteiger charge is -2.29. The summed E-state index contributed by atoms with van der Waals surface area (Å²) in [5.41, 5.74) is 1.58. The molecule has 3 heterocycles. The molecule has 0 aliphatic carbocycles. The predicted molar refractivity (Wildman–Crippen MR) is 90.1 cm³/mol. The molecule has 1 saturated heterocycles. The van der Waals surface area contributed by atoms with E-state index in [0.29, 0.717) is 6.61 Å². The van der Waals surface area contributed by atoms with E-state index in [1.165, 1.54) is 0 Å². The van der Waals surface area contributed by atoms with Gasteiger partial charge in [-0.05, 0) is 39.3 Å². The topological polar surface area (TPSA) is 56.7 Å². The third kappa shape index (κ3) is 4.53. The molecule has 1 aromatic heterocycles. The van der Waals surface area contributed by atoms with Gasteiger partial charge in [-0.1, -0.05) is 0 Å². The van der Waals surface area contributed by atoms with Crippen molar-refractivity contribution in [2.24, 2.45) is 0 Å². The first kappa shape index (κ1) is 18.4. The van der Waals surface area contributed by atoms with Crippen LogP contribution in [0.4, 0.5) is 5.82 Å². The molecule has 0 spiro atoms. The summed E-state index contributed by atoms with van der Waals surface area (Å²) in [7, 11) is 0. The highest BCUT2D eigenvalue weighted by Gasteiger charge is 2.36. The first-order valence-corrected chi connectivity index (χ1v) is 8.48. The minimum atomic E-state index is -0.386. The van der Waals surface area contributed by atoms with Crippen molar-refractivity contribution < 1.29 is 14.2 Å². The summed E-state index contributed by atoms with van der Waals surface area (Å²) in [6.07, 6.45) is 0. The molecular formula is C16H26ClN3O3. The smallest absolute Gasteiger partial charge is 0.224 e. The van der Waals surface area contributed by atoms with Crippen molar-refractivity contribution in [3.05, 3.63) is 16.5 Å². The zero-order chi connectivity index (χ0) is 16.9. The lowest BCUT2D eigenvalue weighted by Crippen LogP contribution is -2.37. The monoisotopic (exact) mass is 343 g/mol. The Hall–Kier alpha value is -0.950. The van der Waals surface area contributed by atoms with E-state index in [4.69, 9.17) is 25.8 Å². The molecule has 0 bridgehead atoms. The Balaban J connectivity index is 0.000000338. The van der Waals surface area contributed by atoms with Crippen molar-refractivity contribution in [2.45, 2.75) is 39.9 Å². The zero-order valence-electron chi connectivity index (χ0n) is 14.4. The average molecular weight is 344 g/mol. The molecule has 2 aliphatic heterocycles. The van der Waals surface area contributed by atoms with Crippen LogP contribution >= 0.6 is 11.6 Å². The summed E-state index contributed by atoms with van der Waals surface area (Å²) in [5.74, 6) is 0.902. The predicted octanol–water partition coefficient (Wildman–Crippen LogP) is 2.77. The highest BCUT2D eigenvalue weighted by atomic mass is 35.5. The minimum absolute atomic E-state index is 0.286. The van der Waals surface area contributed by atoms with E-state index in [1.807, 2.05) is 27.7 Å². The molecule has 1 fully saturated rings. The van der Waals surface area contributed by atoms with Crippen LogP contribution in [0, 0.1) is 0 Å². The average Bonchev–Trinajstić information content (AvgIpc) is 2.84. The van der Waals surface area contributed by atoms with Crippen LogP contribution in [0.15, 0.2) is 0 Å². The third-order valence-electron chi connectivity index (χ3n) is 3.82. The molecule has 0 radical (unpaired) electrons. The molecular weight excluding hydrogens is 318 g/mol. The van der Waals surface area contributed by atoms with E-state index < -0.39 is 0 Å². The Morgan fingerprint density at radius 3 is 2.39 bits per heavy atom. The van der Waals surface area contributed by atoms with Crippen LogP contribution in [-0.2, 0) is 26.4 Å². The van der Waals surface area contributed by atoms with Crippen molar-refractivity contribution in [1.29, 1.82) is 0 Å². The van der Waals surface area contributed by atoms with Crippen LogP contribution < -0.4 is 4.90 Å². The Bertz CT molecular complexity index is 518. The first-order valence-electron chi connectivity index (χ1n) is 8.10. The lowest BCUT2D eigenvalue weighted by atomic mass is 10.0. The third-order valence-corrected chi connectivity index (χ3v) is 3.99. The second-order valence-electron chi connectivity index (χ2n) is 5.82. The van der Waals surface area contributed by atoms with Crippen molar-refractivity contribution in [2.75, 3.05) is 44.4 Å². The van der Waals surface area contributed by atoms with Gasteiger partial charge in [0.2, 0.25) is 5.28 Å². The normalized spacial score (nSPS) is 19.1. The zero-order valence-corrected chi connectivity index (χ0v) is 15.2. The molecule has 0 atom stereocenters. The van der Waals surface area contributed by atoms with Gasteiger partial charge in [0.15, 0.2) is 0 Å². The second-order valence-corrected chi connectivity index (χ2v) is 6.16. The van der Waals surface area contributed by atoms with Crippen LogP contribution in [0.5, 0.6) is 0 Å². The molecule has 7 heteroatoms. The summed E-state index contributed by atoms with van der Waals surface area (Å²) in [6.45, 7) is 13.3. The minimum Gasteiger partial charge on any atom is -0.382 e. The van der Waals surface area contributed by atoms with Gasteiger partial charge in [0.05, 0.1) is 25.5 Å². The Morgan fingerprint density at radius 1 is 1.17 bits per heavy atom. The number of halogens is 1. The molecule has 0 unspecified atom stereocenters. The number of nitrogens with zero attached hydrogens (tertiary/aromatic N) is 3. The lowest BCUT2D eigenvalue weighted by molar-refractivity contribution is -0.0100. The van der Waals surface area contributed by atoms with Crippen LogP contribution in [-0.4, -0.2) is 49.5 Å². The Kier molecular flexibility index (Phi) is 6.59. The molecule has 1 aromatic rings. The van der Waals surface area contributed by atoms with Gasteiger partial charge in [-0.25, -0.2) is 9.97 Å². The highest BCUT2D eigenvalue weighted by Crippen LogP contribution is 2.39. The van der Waals surface area contributed by atoms with Crippen LogP contribution in [0.2, 0.25) is 5.28 Å². The Morgan fingerprint density at radius 2 is 1.83 bits per heavy atom. The van der Waals surface area contributed by atoms with Crippen LogP contribution in [0.3, 0.4) is 0 Å². The van der Waals surface area contributed by atoms with Crippen LogP contribution in [0.25, 0.3) is 0 Å². The number of aromatic nitrogens is 2. The molecule has 2 aliphatic rings. The van der Waals surface area contributed by atoms with E-state index in [2.05, 4.69) is 14.9 Å². The molecule has 0 amide bonds. The van der Waals surface area contributed by atoms with Crippen molar-refractivity contribution in [3.8, 4) is 0 Å². The largest absolute Gasteiger partial charge is 0.382 e. The number of hydrogen-bond acceptors (Lipinski definition) is 6. The number of morpholine rings is 1. The van der Waals surface area contributed by atoms with Gasteiger partial charge in [-0.15, -0.1) is 0 Å². The fraction of sp³-hybridized carbons (Fsp3) is 0.750. The summed E-state index contributed by atoms with van der Waals surface area (Å²) in [5, 5.41) is 0.286. The maximum atomic E-state index is 6.04. The maximum Gasteiger partial charge on any atom is 0.224 e. The molecule has 0 aromatic carbocycles. The number of ether oxygens (including phenoxy) is 3. The van der Waals surface area contributed by atoms with Gasteiger partial charge in [0, 0.05) is 31.9 Å². The first-order chi connectivity index (χ1) is 11.0. The molecule has 130 valence electrons. The van der Waals surface area contributed by atoms with Crippen molar-refractivity contribution >= 4 is 17.4 Å². The number of hydrogen-bond donors (Lipinski definition) is 0. The fourth-order valence-electron chi connectivity index (χ4n) is 2.64. The van der Waals surface area contributed by atoms with E-state index >= 15 is 0 Å². The van der Waals surface area contributed by atoms with Gasteiger partial charge in [0.25, 0.3) is 0 Å². The summed E-state index contributed by atoms with van der Waals surface area (Å²) in [6, 6.07) is 0. The Labute approximate surface area is 143 Å². The highest BCUT2D eigenvalue weighted by molar-refractivity contribution is 6.28.